The van der Waals surface area contributed by atoms with Gasteiger partial charge in [-0.2, -0.15) is 0 Å². The maximum absolute atomic E-state index is 12.2. The third kappa shape index (κ3) is 6.59. The van der Waals surface area contributed by atoms with Crippen molar-refractivity contribution < 1.29 is 28.8 Å². The maximum atomic E-state index is 12.2. The van der Waals surface area contributed by atoms with Gasteiger partial charge in [-0.15, -0.1) is 0 Å². The largest absolute Gasteiger partial charge is 0.484 e. The highest BCUT2D eigenvalue weighted by Gasteiger charge is 2.25. The highest BCUT2D eigenvalue weighted by molar-refractivity contribution is 5.97. The molecule has 0 aliphatic rings. The smallest absolute Gasteiger partial charge is 0.329 e. The summed E-state index contributed by atoms with van der Waals surface area (Å²) in [4.78, 5) is 46.6. The molecule has 2 aromatic carbocycles. The van der Waals surface area contributed by atoms with Crippen molar-refractivity contribution in [3.63, 3.8) is 0 Å². The summed E-state index contributed by atoms with van der Waals surface area (Å²) >= 11 is 0. The number of ether oxygens (including phenoxy) is 2. The molecule has 0 spiro atoms. The number of nitro groups is 1. The van der Waals surface area contributed by atoms with Crippen molar-refractivity contribution in [2.75, 3.05) is 11.9 Å². The number of esters is 1. The minimum absolute atomic E-state index is 0.0187. The van der Waals surface area contributed by atoms with Crippen molar-refractivity contribution in [1.82, 2.24) is 5.32 Å². The second kappa shape index (κ2) is 10.6. The van der Waals surface area contributed by atoms with Crippen molar-refractivity contribution in [2.45, 2.75) is 26.0 Å². The van der Waals surface area contributed by atoms with Crippen LogP contribution in [0.4, 0.5) is 11.4 Å². The van der Waals surface area contributed by atoms with Gasteiger partial charge in [-0.1, -0.05) is 30.3 Å². The van der Waals surface area contributed by atoms with Gasteiger partial charge in [0.15, 0.2) is 12.7 Å². The molecule has 2 N–H and O–H groups in total. The van der Waals surface area contributed by atoms with E-state index in [0.29, 0.717) is 5.75 Å². The van der Waals surface area contributed by atoms with Crippen molar-refractivity contribution in [3.05, 3.63) is 64.7 Å². The lowest BCUT2D eigenvalue weighted by atomic mass is 10.2. The molecule has 0 radical (unpaired) electrons. The van der Waals surface area contributed by atoms with E-state index in [2.05, 4.69) is 10.6 Å². The van der Waals surface area contributed by atoms with E-state index < -0.39 is 34.9 Å². The van der Waals surface area contributed by atoms with E-state index in [9.17, 15) is 24.5 Å². The van der Waals surface area contributed by atoms with Crippen LogP contribution in [-0.2, 0) is 19.1 Å². The van der Waals surface area contributed by atoms with Crippen molar-refractivity contribution in [3.8, 4) is 5.75 Å². The number of amides is 2. The average molecular weight is 415 g/mol. The van der Waals surface area contributed by atoms with Gasteiger partial charge in [0.25, 0.3) is 17.5 Å². The average Bonchev–Trinajstić information content (AvgIpc) is 2.73. The Labute approximate surface area is 172 Å². The Morgan fingerprint density at radius 3 is 2.33 bits per heavy atom. The number of anilines is 1. The molecule has 0 aliphatic carbocycles. The topological polar surface area (TPSA) is 137 Å². The zero-order valence-electron chi connectivity index (χ0n) is 16.4. The molecular formula is C20H21N3O7. The van der Waals surface area contributed by atoms with Gasteiger partial charge in [-0.25, -0.2) is 4.79 Å². The molecule has 0 unspecified atom stereocenters. The Hall–Kier alpha value is -3.95. The lowest BCUT2D eigenvalue weighted by Gasteiger charge is -2.17. The number of hydrogen-bond acceptors (Lipinski definition) is 7. The number of benzene rings is 2. The van der Waals surface area contributed by atoms with Gasteiger partial charge in [0.05, 0.1) is 4.92 Å². The first-order valence-corrected chi connectivity index (χ1v) is 9.00. The van der Waals surface area contributed by atoms with E-state index in [4.69, 9.17) is 9.47 Å². The van der Waals surface area contributed by atoms with Gasteiger partial charge in [0, 0.05) is 6.07 Å². The number of nitro benzene ring substituents is 1. The Balaban J connectivity index is 1.83. The minimum atomic E-state index is -1.24. The van der Waals surface area contributed by atoms with Gasteiger partial charge >= 0.3 is 5.97 Å². The molecule has 0 aromatic heterocycles. The van der Waals surface area contributed by atoms with Crippen LogP contribution >= 0.6 is 0 Å². The summed E-state index contributed by atoms with van der Waals surface area (Å²) < 4.78 is 10.3. The van der Waals surface area contributed by atoms with Gasteiger partial charge in [0.2, 0.25) is 0 Å². The zero-order valence-corrected chi connectivity index (χ0v) is 16.4. The Morgan fingerprint density at radius 1 is 1.03 bits per heavy atom. The molecule has 2 rings (SSSR count). The quantitative estimate of drug-likeness (QED) is 0.363. The van der Waals surface area contributed by atoms with E-state index in [1.165, 1.54) is 38.1 Å². The number of rotatable bonds is 9. The molecule has 2 amide bonds. The second-order valence-corrected chi connectivity index (χ2v) is 6.23. The summed E-state index contributed by atoms with van der Waals surface area (Å²) in [5.74, 6) is -1.62. The highest BCUT2D eigenvalue weighted by Crippen LogP contribution is 2.23. The van der Waals surface area contributed by atoms with E-state index in [1.54, 1.807) is 30.3 Å². The summed E-state index contributed by atoms with van der Waals surface area (Å²) in [5.41, 5.74) is -0.307. The van der Waals surface area contributed by atoms with Crippen LogP contribution < -0.4 is 15.4 Å². The number of nitrogens with zero attached hydrogens (tertiary/aromatic N) is 1. The van der Waals surface area contributed by atoms with Crippen molar-refractivity contribution in [2.24, 2.45) is 0 Å². The molecule has 10 nitrogen and oxygen atoms in total. The third-order valence-electron chi connectivity index (χ3n) is 3.86. The summed E-state index contributed by atoms with van der Waals surface area (Å²) in [6.07, 6.45) is -1.24. The molecule has 2 atom stereocenters. The first-order valence-electron chi connectivity index (χ1n) is 9.00. The van der Waals surface area contributed by atoms with Crippen LogP contribution in [0.15, 0.2) is 54.6 Å². The number of carbonyl (C=O) groups is 3. The SMILES string of the molecule is C[C@H](NC(=O)COc1ccccc1)C(=O)O[C@H](C)C(=O)Nc1ccccc1[N+](=O)[O-]. The monoisotopic (exact) mass is 415 g/mol. The van der Waals surface area contributed by atoms with E-state index in [1.807, 2.05) is 0 Å². The fraction of sp³-hybridized carbons (Fsp3) is 0.250. The first-order chi connectivity index (χ1) is 14.3. The molecule has 0 heterocycles. The van der Waals surface area contributed by atoms with Crippen LogP contribution in [0.2, 0.25) is 0 Å². The third-order valence-corrected chi connectivity index (χ3v) is 3.86. The van der Waals surface area contributed by atoms with E-state index in [0.717, 1.165) is 0 Å². The van der Waals surface area contributed by atoms with Crippen LogP contribution in [0.1, 0.15) is 13.8 Å². The molecule has 2 aromatic rings. The molecule has 0 fully saturated rings. The molecule has 0 aliphatic heterocycles. The minimum Gasteiger partial charge on any atom is -0.484 e. The van der Waals surface area contributed by atoms with Gasteiger partial charge < -0.3 is 20.1 Å². The summed E-state index contributed by atoms with van der Waals surface area (Å²) in [6, 6.07) is 13.2. The fourth-order valence-electron chi connectivity index (χ4n) is 2.31. The standard InChI is InChI=1S/C20H21N3O7/c1-13(21-18(24)12-29-15-8-4-3-5-9-15)20(26)30-14(2)19(25)22-16-10-6-7-11-17(16)23(27)28/h3-11,13-14H,12H2,1-2H3,(H,21,24)(H,22,25)/t13-,14+/m0/s1. The lowest BCUT2D eigenvalue weighted by Crippen LogP contribution is -2.44. The van der Waals surface area contributed by atoms with Crippen LogP contribution in [0.25, 0.3) is 0 Å². The summed E-state index contributed by atoms with van der Waals surface area (Å²) in [5, 5.41) is 15.8. The lowest BCUT2D eigenvalue weighted by molar-refractivity contribution is -0.383. The van der Waals surface area contributed by atoms with E-state index in [-0.39, 0.29) is 18.0 Å². The van der Waals surface area contributed by atoms with Crippen molar-refractivity contribution in [1.29, 1.82) is 0 Å². The number of carbonyl (C=O) groups excluding carboxylic acids is 3. The van der Waals surface area contributed by atoms with Crippen LogP contribution in [0.3, 0.4) is 0 Å². The molecular weight excluding hydrogens is 394 g/mol. The summed E-state index contributed by atoms with van der Waals surface area (Å²) in [7, 11) is 0. The van der Waals surface area contributed by atoms with Crippen LogP contribution in [0, 0.1) is 10.1 Å². The second-order valence-electron chi connectivity index (χ2n) is 6.23. The Bertz CT molecular complexity index is 918. The summed E-state index contributed by atoms with van der Waals surface area (Å²) in [6.45, 7) is 2.42. The normalized spacial score (nSPS) is 12.2. The van der Waals surface area contributed by atoms with Gasteiger partial charge in [-0.3, -0.25) is 19.7 Å². The first kappa shape index (κ1) is 22.3. The molecule has 158 valence electrons. The van der Waals surface area contributed by atoms with Crippen LogP contribution in [0.5, 0.6) is 5.75 Å². The number of nitrogens with one attached hydrogen (secondary N) is 2. The molecule has 0 saturated carbocycles. The molecule has 0 saturated heterocycles. The highest BCUT2D eigenvalue weighted by atomic mass is 16.6. The predicted molar refractivity (Wildman–Crippen MR) is 107 cm³/mol. The van der Waals surface area contributed by atoms with Crippen LogP contribution in [-0.4, -0.2) is 41.5 Å². The van der Waals surface area contributed by atoms with Crippen molar-refractivity contribution >= 4 is 29.2 Å². The Morgan fingerprint density at radius 2 is 1.67 bits per heavy atom. The Kier molecular flexibility index (Phi) is 7.86. The molecule has 0 bridgehead atoms. The predicted octanol–water partition coefficient (Wildman–Crippen LogP) is 2.05. The maximum Gasteiger partial charge on any atom is 0.329 e. The number of hydrogen-bond donors (Lipinski definition) is 2. The van der Waals surface area contributed by atoms with Gasteiger partial charge in [-0.05, 0) is 32.0 Å². The fourth-order valence-corrected chi connectivity index (χ4v) is 2.31. The molecule has 30 heavy (non-hydrogen) atoms. The van der Waals surface area contributed by atoms with Gasteiger partial charge in [0.1, 0.15) is 17.5 Å². The zero-order chi connectivity index (χ0) is 22.1. The number of para-hydroxylation sites is 3. The van der Waals surface area contributed by atoms with E-state index >= 15 is 0 Å². The molecule has 10 heteroatoms.